The van der Waals surface area contributed by atoms with Crippen LogP contribution in [0.5, 0.6) is 0 Å². The van der Waals surface area contributed by atoms with Crippen molar-refractivity contribution < 1.29 is 28.7 Å². The lowest BCUT2D eigenvalue weighted by Crippen LogP contribution is -2.40. The minimum absolute atomic E-state index is 0.00662. The molecule has 0 aliphatic carbocycles. The lowest BCUT2D eigenvalue weighted by Gasteiger charge is -2.21. The number of alkyl carbamates (subject to hydrolysis) is 2. The summed E-state index contributed by atoms with van der Waals surface area (Å²) in [4.78, 5) is 63.2. The first-order chi connectivity index (χ1) is 28.5. The molecule has 14 heteroatoms. The Labute approximate surface area is 353 Å². The van der Waals surface area contributed by atoms with E-state index in [1.165, 1.54) is 27.1 Å². The van der Waals surface area contributed by atoms with E-state index in [1.807, 2.05) is 27.0 Å². The maximum absolute atomic E-state index is 12.6. The van der Waals surface area contributed by atoms with Crippen LogP contribution in [0.3, 0.4) is 0 Å². The van der Waals surface area contributed by atoms with Crippen LogP contribution in [-0.2, 0) is 32.2 Å². The van der Waals surface area contributed by atoms with E-state index in [0.717, 1.165) is 65.4 Å². The molecule has 0 saturated carbocycles. The van der Waals surface area contributed by atoms with Crippen molar-refractivity contribution in [2.24, 2.45) is 0 Å². The van der Waals surface area contributed by atoms with Crippen LogP contribution in [0, 0.1) is 12.8 Å². The molecule has 0 bridgehead atoms. The highest BCUT2D eigenvalue weighted by Crippen LogP contribution is 2.27. The molecule has 0 fully saturated rings. The van der Waals surface area contributed by atoms with Gasteiger partial charge in [-0.2, -0.15) is 0 Å². The van der Waals surface area contributed by atoms with Gasteiger partial charge in [-0.05, 0) is 48.7 Å². The molecule has 0 saturated heterocycles. The quantitative estimate of drug-likeness (QED) is 0.0676. The molecule has 2 aromatic heterocycles. The van der Waals surface area contributed by atoms with Crippen molar-refractivity contribution >= 4 is 24.4 Å². The van der Waals surface area contributed by atoms with Crippen molar-refractivity contribution in [3.63, 3.8) is 0 Å². The lowest BCUT2D eigenvalue weighted by molar-refractivity contribution is -0.130. The number of terminal acetylenes is 1. The number of imidazole rings is 2. The van der Waals surface area contributed by atoms with Gasteiger partial charge < -0.3 is 39.8 Å². The maximum Gasteiger partial charge on any atom is 0.407 e. The molecular formula is C45H70N8O6. The normalized spacial score (nSPS) is 9.46. The Kier molecular flexibility index (Phi) is 32.9. The first-order valence-electron chi connectivity index (χ1n) is 20.2. The van der Waals surface area contributed by atoms with Gasteiger partial charge in [0, 0.05) is 6.54 Å². The van der Waals surface area contributed by atoms with Gasteiger partial charge in [0.25, 0.3) is 0 Å². The van der Waals surface area contributed by atoms with Crippen LogP contribution < -0.4 is 10.6 Å². The number of hydrogen-bond acceptors (Lipinski definition) is 9. The first-order valence-corrected chi connectivity index (χ1v) is 20.2. The van der Waals surface area contributed by atoms with Crippen molar-refractivity contribution in [2.45, 2.75) is 94.2 Å². The van der Waals surface area contributed by atoms with Gasteiger partial charge in [0.05, 0.1) is 57.6 Å². The van der Waals surface area contributed by atoms with Crippen molar-refractivity contribution in [2.75, 3.05) is 47.4 Å². The predicted molar refractivity (Wildman–Crippen MR) is 239 cm³/mol. The molecule has 0 atom stereocenters. The molecule has 4 rings (SSSR count). The number of aromatic nitrogens is 4. The zero-order valence-electron chi connectivity index (χ0n) is 37.3. The fourth-order valence-corrected chi connectivity index (χ4v) is 4.85. The van der Waals surface area contributed by atoms with E-state index in [0.29, 0.717) is 25.2 Å². The standard InChI is InChI=1S/C31H39N7O3.C4H7NO3.2C3H8.C2H6.C2H2/c1-5-15-37(3)20-28-32-17-26(35-28)24-11-7-22(8-12-24)23-9-13-25(14-10-23)27-18-33-29(36-27)21-38(16-6-2)30(39)19-34-31(40)41-4;1-8-4(7)5-2-3-6;2*1-3-2;2*1-2/h7-14,17-18H,5-6,15-16,19-21H2,1-4H3,(H,32,35)(H,33,36)(H,34,40);3H,2H2,1H3,(H,5,7);2*3H2,1-2H3;1-2H3;1-2H. The second-order valence-electron chi connectivity index (χ2n) is 12.5. The number of nitrogens with one attached hydrogen (secondary N) is 4. The number of aromatic amines is 2. The van der Waals surface area contributed by atoms with Crippen LogP contribution in [0.25, 0.3) is 33.6 Å². The number of benzene rings is 2. The molecule has 0 spiro atoms. The Morgan fingerprint density at radius 1 is 0.678 bits per heavy atom. The topological polar surface area (TPSA) is 175 Å². The van der Waals surface area contributed by atoms with Crippen LogP contribution in [0.4, 0.5) is 9.59 Å². The van der Waals surface area contributed by atoms with Gasteiger partial charge in [-0.1, -0.05) is 117 Å². The van der Waals surface area contributed by atoms with Gasteiger partial charge in [-0.3, -0.25) is 9.69 Å². The SMILES string of the molecule is C#C.CC.CCC.CCC.CCCN(C)Cc1ncc(-c2ccc(-c3ccc(-c4cnc(CN(CCC)C(=O)CNC(=O)OC)[nH]4)cc3)cc2)[nH]1.COC(=O)NCC=O. The summed E-state index contributed by atoms with van der Waals surface area (Å²) in [5.74, 6) is 1.45. The van der Waals surface area contributed by atoms with E-state index >= 15 is 0 Å². The van der Waals surface area contributed by atoms with Gasteiger partial charge in [0.1, 0.15) is 24.5 Å². The predicted octanol–water partition coefficient (Wildman–Crippen LogP) is 8.72. The summed E-state index contributed by atoms with van der Waals surface area (Å²) < 4.78 is 8.69. The third-order valence-corrected chi connectivity index (χ3v) is 7.28. The van der Waals surface area contributed by atoms with E-state index < -0.39 is 12.2 Å². The van der Waals surface area contributed by atoms with Crippen molar-refractivity contribution in [1.29, 1.82) is 0 Å². The Morgan fingerprint density at radius 2 is 1.07 bits per heavy atom. The van der Waals surface area contributed by atoms with E-state index in [2.05, 4.69) is 148 Å². The summed E-state index contributed by atoms with van der Waals surface area (Å²) in [6.45, 7) is 19.3. The molecule has 0 aliphatic rings. The van der Waals surface area contributed by atoms with Gasteiger partial charge in [-0.25, -0.2) is 19.6 Å². The first kappa shape index (κ1) is 55.2. The molecule has 3 amide bonds. The second-order valence-corrected chi connectivity index (χ2v) is 12.5. The smallest absolute Gasteiger partial charge is 0.407 e. The van der Waals surface area contributed by atoms with Crippen LogP contribution >= 0.6 is 0 Å². The summed E-state index contributed by atoms with van der Waals surface area (Å²) in [5, 5.41) is 4.59. The number of ether oxygens (including phenoxy) is 2. The van der Waals surface area contributed by atoms with Crippen LogP contribution in [0.1, 0.15) is 92.7 Å². The average molecular weight is 819 g/mol. The third kappa shape index (κ3) is 23.2. The molecule has 4 N–H and O–H groups in total. The highest BCUT2D eigenvalue weighted by molar-refractivity contribution is 5.82. The van der Waals surface area contributed by atoms with E-state index in [-0.39, 0.29) is 19.0 Å². The Morgan fingerprint density at radius 3 is 1.46 bits per heavy atom. The number of hydrogen-bond donors (Lipinski definition) is 4. The molecule has 59 heavy (non-hydrogen) atoms. The Hall–Kier alpha value is -5.94. The van der Waals surface area contributed by atoms with Gasteiger partial charge in [0.2, 0.25) is 5.91 Å². The van der Waals surface area contributed by atoms with Crippen LogP contribution in [-0.4, -0.2) is 102 Å². The number of nitrogens with zero attached hydrogens (tertiary/aromatic N) is 4. The minimum Gasteiger partial charge on any atom is -0.453 e. The van der Waals surface area contributed by atoms with Crippen molar-refractivity contribution in [3.05, 3.63) is 72.6 Å². The average Bonchev–Trinajstić information content (AvgIpc) is 3.94. The molecule has 0 radical (unpaired) electrons. The molecule has 2 heterocycles. The molecular weight excluding hydrogens is 749 g/mol. The maximum atomic E-state index is 12.6. The third-order valence-electron chi connectivity index (χ3n) is 7.28. The van der Waals surface area contributed by atoms with Crippen LogP contribution in [0.15, 0.2) is 60.9 Å². The molecule has 4 aromatic rings. The number of amides is 3. The summed E-state index contributed by atoms with van der Waals surface area (Å²) in [6, 6.07) is 16.8. The number of methoxy groups -OCH3 is 2. The number of carbonyl (C=O) groups is 4. The summed E-state index contributed by atoms with van der Waals surface area (Å²) in [5.41, 5.74) is 6.23. The lowest BCUT2D eigenvalue weighted by atomic mass is 10.0. The number of rotatable bonds is 15. The zero-order valence-corrected chi connectivity index (χ0v) is 37.3. The van der Waals surface area contributed by atoms with Crippen molar-refractivity contribution in [1.82, 2.24) is 40.4 Å². The molecule has 326 valence electrons. The fourth-order valence-electron chi connectivity index (χ4n) is 4.85. The summed E-state index contributed by atoms with van der Waals surface area (Å²) >= 11 is 0. The highest BCUT2D eigenvalue weighted by Gasteiger charge is 2.16. The molecule has 0 aliphatic heterocycles. The summed E-state index contributed by atoms with van der Waals surface area (Å²) in [6.07, 6.45) is 15.4. The van der Waals surface area contributed by atoms with Crippen LogP contribution in [0.2, 0.25) is 0 Å². The van der Waals surface area contributed by atoms with E-state index in [9.17, 15) is 19.2 Å². The number of H-pyrrole nitrogens is 2. The number of aldehydes is 1. The second kappa shape index (κ2) is 35.2. The van der Waals surface area contributed by atoms with Gasteiger partial charge >= 0.3 is 12.2 Å². The van der Waals surface area contributed by atoms with Crippen molar-refractivity contribution in [3.8, 4) is 46.5 Å². The molecule has 14 nitrogen and oxygen atoms in total. The van der Waals surface area contributed by atoms with E-state index in [4.69, 9.17) is 0 Å². The zero-order chi connectivity index (χ0) is 45.0. The Balaban J connectivity index is 0. The van der Waals surface area contributed by atoms with Gasteiger partial charge in [-0.15, -0.1) is 12.8 Å². The molecule has 0 unspecified atom stereocenters. The summed E-state index contributed by atoms with van der Waals surface area (Å²) in [7, 11) is 4.61. The fraction of sp³-hybridized carbons (Fsp3) is 0.467. The minimum atomic E-state index is -0.632. The van der Waals surface area contributed by atoms with E-state index in [1.54, 1.807) is 11.1 Å². The molecule has 2 aromatic carbocycles. The largest absolute Gasteiger partial charge is 0.453 e. The Bertz CT molecular complexity index is 1700. The monoisotopic (exact) mass is 819 g/mol. The number of carbonyl (C=O) groups excluding carboxylic acids is 4. The van der Waals surface area contributed by atoms with Gasteiger partial charge in [0.15, 0.2) is 0 Å². The highest BCUT2D eigenvalue weighted by atomic mass is 16.5.